The van der Waals surface area contributed by atoms with Crippen molar-refractivity contribution in [3.05, 3.63) is 35.4 Å². The Hall–Kier alpha value is -1.43. The fourth-order valence-electron chi connectivity index (χ4n) is 1.65. The number of aryl methyl sites for hydroxylation is 1. The number of amides is 1. The van der Waals surface area contributed by atoms with Crippen LogP contribution in [0.25, 0.3) is 0 Å². The molecule has 1 unspecified atom stereocenters. The van der Waals surface area contributed by atoms with Crippen LogP contribution in [0.1, 0.15) is 22.8 Å². The monoisotopic (exact) mass is 280 g/mol. The zero-order chi connectivity index (χ0) is 14.8. The van der Waals surface area contributed by atoms with Crippen LogP contribution in [0.5, 0.6) is 0 Å². The van der Waals surface area contributed by atoms with E-state index in [1.807, 2.05) is 38.1 Å². The van der Waals surface area contributed by atoms with E-state index in [2.05, 4.69) is 10.6 Å². The van der Waals surface area contributed by atoms with E-state index in [1.165, 1.54) is 0 Å². The summed E-state index contributed by atoms with van der Waals surface area (Å²) in [6.45, 7) is 6.40. The summed E-state index contributed by atoms with van der Waals surface area (Å²) < 4.78 is 5.10. The minimum absolute atomic E-state index is 0.0818. The van der Waals surface area contributed by atoms with E-state index < -0.39 is 6.10 Å². The van der Waals surface area contributed by atoms with Gasteiger partial charge in [-0.1, -0.05) is 17.7 Å². The van der Waals surface area contributed by atoms with Crippen LogP contribution in [-0.2, 0) is 4.74 Å². The molecular weight excluding hydrogens is 256 g/mol. The van der Waals surface area contributed by atoms with Crippen molar-refractivity contribution >= 4 is 5.91 Å². The number of rotatable bonds is 9. The van der Waals surface area contributed by atoms with Crippen molar-refractivity contribution in [2.24, 2.45) is 0 Å². The summed E-state index contributed by atoms with van der Waals surface area (Å²) >= 11 is 0. The molecule has 0 aliphatic carbocycles. The Kier molecular flexibility index (Phi) is 7.87. The lowest BCUT2D eigenvalue weighted by molar-refractivity contribution is 0.0430. The number of ether oxygens (including phenoxy) is 1. The van der Waals surface area contributed by atoms with Crippen molar-refractivity contribution in [2.75, 3.05) is 32.8 Å². The molecular formula is C15H24N2O3. The Bertz CT molecular complexity index is 393. The topological polar surface area (TPSA) is 70.6 Å². The second kappa shape index (κ2) is 9.47. The molecule has 0 heterocycles. The lowest BCUT2D eigenvalue weighted by Gasteiger charge is -2.12. The van der Waals surface area contributed by atoms with Crippen LogP contribution in [0.15, 0.2) is 24.3 Å². The van der Waals surface area contributed by atoms with Crippen molar-refractivity contribution in [3.63, 3.8) is 0 Å². The number of nitrogens with one attached hydrogen (secondary N) is 2. The van der Waals surface area contributed by atoms with Crippen LogP contribution in [0.3, 0.4) is 0 Å². The average molecular weight is 280 g/mol. The zero-order valence-electron chi connectivity index (χ0n) is 12.2. The van der Waals surface area contributed by atoms with Gasteiger partial charge in [-0.05, 0) is 26.0 Å². The molecule has 1 rings (SSSR count). The van der Waals surface area contributed by atoms with Gasteiger partial charge in [0.1, 0.15) is 0 Å². The van der Waals surface area contributed by atoms with Gasteiger partial charge in [-0.25, -0.2) is 0 Å². The smallest absolute Gasteiger partial charge is 0.251 e. The molecule has 0 saturated carbocycles. The van der Waals surface area contributed by atoms with Gasteiger partial charge in [-0.3, -0.25) is 4.79 Å². The molecule has 1 amide bonds. The Morgan fingerprint density at radius 2 is 2.00 bits per heavy atom. The summed E-state index contributed by atoms with van der Waals surface area (Å²) in [6, 6.07) is 7.45. The van der Waals surface area contributed by atoms with Gasteiger partial charge < -0.3 is 20.5 Å². The fraction of sp³-hybridized carbons (Fsp3) is 0.533. The van der Waals surface area contributed by atoms with E-state index in [1.54, 1.807) is 0 Å². The number of carbonyl (C=O) groups excluding carboxylic acids is 1. The molecule has 5 heteroatoms. The van der Waals surface area contributed by atoms with Gasteiger partial charge in [-0.15, -0.1) is 0 Å². The molecule has 20 heavy (non-hydrogen) atoms. The highest BCUT2D eigenvalue weighted by molar-refractivity contribution is 5.94. The summed E-state index contributed by atoms with van der Waals surface area (Å²) in [6.07, 6.45) is -0.511. The standard InChI is InChI=1S/C15H24N2O3/c1-3-20-11-14(18)10-16-8-9-17-15(19)13-6-4-12(2)5-7-13/h4-7,14,16,18H,3,8-11H2,1-2H3,(H,17,19). The largest absolute Gasteiger partial charge is 0.389 e. The Labute approximate surface area is 120 Å². The minimum Gasteiger partial charge on any atom is -0.389 e. The third-order valence-electron chi connectivity index (χ3n) is 2.80. The summed E-state index contributed by atoms with van der Waals surface area (Å²) in [5, 5.41) is 15.4. The second-order valence-corrected chi connectivity index (χ2v) is 4.64. The summed E-state index contributed by atoms with van der Waals surface area (Å²) in [7, 11) is 0. The Balaban J connectivity index is 2.12. The number of carbonyl (C=O) groups is 1. The Morgan fingerprint density at radius 3 is 2.65 bits per heavy atom. The molecule has 0 spiro atoms. The van der Waals surface area contributed by atoms with E-state index in [0.717, 1.165) is 5.56 Å². The first-order valence-corrected chi connectivity index (χ1v) is 6.95. The van der Waals surface area contributed by atoms with Gasteiger partial charge in [0.05, 0.1) is 12.7 Å². The molecule has 0 aliphatic heterocycles. The van der Waals surface area contributed by atoms with E-state index in [-0.39, 0.29) is 5.91 Å². The first-order chi connectivity index (χ1) is 9.63. The zero-order valence-corrected chi connectivity index (χ0v) is 12.2. The van der Waals surface area contributed by atoms with Gasteiger partial charge in [0.25, 0.3) is 5.91 Å². The molecule has 0 saturated heterocycles. The molecule has 112 valence electrons. The third kappa shape index (κ3) is 6.65. The highest BCUT2D eigenvalue weighted by Gasteiger charge is 2.05. The van der Waals surface area contributed by atoms with Crippen LogP contribution < -0.4 is 10.6 Å². The van der Waals surface area contributed by atoms with Crippen molar-refractivity contribution in [3.8, 4) is 0 Å². The number of hydrogen-bond donors (Lipinski definition) is 3. The Morgan fingerprint density at radius 1 is 1.30 bits per heavy atom. The maximum Gasteiger partial charge on any atom is 0.251 e. The average Bonchev–Trinajstić information content (AvgIpc) is 2.45. The van der Waals surface area contributed by atoms with Gasteiger partial charge in [0.15, 0.2) is 0 Å². The normalized spacial score (nSPS) is 12.2. The number of aliphatic hydroxyl groups excluding tert-OH is 1. The van der Waals surface area contributed by atoms with Gasteiger partial charge in [0.2, 0.25) is 0 Å². The van der Waals surface area contributed by atoms with Crippen molar-refractivity contribution in [2.45, 2.75) is 20.0 Å². The molecule has 1 atom stereocenters. The highest BCUT2D eigenvalue weighted by Crippen LogP contribution is 2.02. The molecule has 0 bridgehead atoms. The van der Waals surface area contributed by atoms with E-state index in [0.29, 0.717) is 38.4 Å². The van der Waals surface area contributed by atoms with Crippen LogP contribution in [0.4, 0.5) is 0 Å². The van der Waals surface area contributed by atoms with E-state index in [4.69, 9.17) is 4.74 Å². The van der Waals surface area contributed by atoms with E-state index >= 15 is 0 Å². The predicted octanol–water partition coefficient (Wildman–Crippen LogP) is 0.712. The van der Waals surface area contributed by atoms with Gasteiger partial charge in [0, 0.05) is 31.8 Å². The molecule has 0 radical (unpaired) electrons. The first-order valence-electron chi connectivity index (χ1n) is 6.95. The molecule has 3 N–H and O–H groups in total. The van der Waals surface area contributed by atoms with E-state index in [9.17, 15) is 9.90 Å². The lowest BCUT2D eigenvalue weighted by Crippen LogP contribution is -2.36. The molecule has 0 fully saturated rings. The molecule has 0 aromatic heterocycles. The number of hydrogen-bond acceptors (Lipinski definition) is 4. The third-order valence-corrected chi connectivity index (χ3v) is 2.80. The predicted molar refractivity (Wildman–Crippen MR) is 78.9 cm³/mol. The summed E-state index contributed by atoms with van der Waals surface area (Å²) in [4.78, 5) is 11.8. The van der Waals surface area contributed by atoms with Crippen LogP contribution in [0, 0.1) is 6.92 Å². The minimum atomic E-state index is -0.511. The fourth-order valence-corrected chi connectivity index (χ4v) is 1.65. The summed E-state index contributed by atoms with van der Waals surface area (Å²) in [5.41, 5.74) is 1.79. The van der Waals surface area contributed by atoms with Crippen LogP contribution >= 0.6 is 0 Å². The molecule has 5 nitrogen and oxygen atoms in total. The van der Waals surface area contributed by atoms with Crippen LogP contribution in [0.2, 0.25) is 0 Å². The quantitative estimate of drug-likeness (QED) is 0.583. The molecule has 0 aliphatic rings. The first kappa shape index (κ1) is 16.6. The molecule has 1 aromatic rings. The molecule has 1 aromatic carbocycles. The van der Waals surface area contributed by atoms with Crippen molar-refractivity contribution in [1.29, 1.82) is 0 Å². The second-order valence-electron chi connectivity index (χ2n) is 4.64. The highest BCUT2D eigenvalue weighted by atomic mass is 16.5. The maximum atomic E-state index is 11.8. The van der Waals surface area contributed by atoms with Gasteiger partial charge in [-0.2, -0.15) is 0 Å². The summed E-state index contributed by atoms with van der Waals surface area (Å²) in [5.74, 6) is -0.0818. The van der Waals surface area contributed by atoms with Gasteiger partial charge >= 0.3 is 0 Å². The maximum absolute atomic E-state index is 11.8. The lowest BCUT2D eigenvalue weighted by atomic mass is 10.1. The van der Waals surface area contributed by atoms with Crippen molar-refractivity contribution < 1.29 is 14.6 Å². The number of benzene rings is 1. The SMILES string of the molecule is CCOCC(O)CNCCNC(=O)c1ccc(C)cc1. The number of aliphatic hydroxyl groups is 1. The van der Waals surface area contributed by atoms with Crippen LogP contribution in [-0.4, -0.2) is 50.0 Å². The van der Waals surface area contributed by atoms with Crippen molar-refractivity contribution in [1.82, 2.24) is 10.6 Å².